The molecule has 1 fully saturated rings. The van der Waals surface area contributed by atoms with Gasteiger partial charge in [0.05, 0.1) is 0 Å². The molecular formula is C25H24N2O2. The second kappa shape index (κ2) is 8.74. The zero-order chi connectivity index (χ0) is 20.1. The van der Waals surface area contributed by atoms with E-state index in [4.69, 9.17) is 0 Å². The highest BCUT2D eigenvalue weighted by molar-refractivity contribution is 5.98. The molecule has 4 rings (SSSR count). The first kappa shape index (κ1) is 18.9. The third-order valence-corrected chi connectivity index (χ3v) is 5.35. The fourth-order valence-electron chi connectivity index (χ4n) is 3.82. The molecule has 2 amide bonds. The van der Waals surface area contributed by atoms with Crippen LogP contribution >= 0.6 is 0 Å². The minimum Gasteiger partial charge on any atom is -0.335 e. The van der Waals surface area contributed by atoms with E-state index < -0.39 is 6.04 Å². The first-order valence-electron chi connectivity index (χ1n) is 9.95. The van der Waals surface area contributed by atoms with Crippen molar-refractivity contribution >= 4 is 11.8 Å². The predicted molar refractivity (Wildman–Crippen MR) is 113 cm³/mol. The maximum atomic E-state index is 13.4. The molecule has 1 atom stereocenters. The van der Waals surface area contributed by atoms with E-state index in [-0.39, 0.29) is 11.8 Å². The number of carbonyl (C=O) groups is 2. The van der Waals surface area contributed by atoms with Gasteiger partial charge in [-0.1, -0.05) is 78.9 Å². The Bertz CT molecular complexity index is 958. The average Bonchev–Trinajstić information content (AvgIpc) is 2.78. The van der Waals surface area contributed by atoms with Gasteiger partial charge in [0, 0.05) is 31.6 Å². The summed E-state index contributed by atoms with van der Waals surface area (Å²) >= 11 is 0. The van der Waals surface area contributed by atoms with Gasteiger partial charge < -0.3 is 9.80 Å². The van der Waals surface area contributed by atoms with E-state index in [2.05, 4.69) is 0 Å². The topological polar surface area (TPSA) is 40.6 Å². The number of benzene rings is 3. The van der Waals surface area contributed by atoms with Crippen LogP contribution in [0.2, 0.25) is 0 Å². The van der Waals surface area contributed by atoms with Crippen molar-refractivity contribution < 1.29 is 9.59 Å². The lowest BCUT2D eigenvalue weighted by molar-refractivity contribution is -0.140. The van der Waals surface area contributed by atoms with Crippen molar-refractivity contribution in [2.24, 2.45) is 0 Å². The van der Waals surface area contributed by atoms with E-state index in [1.807, 2.05) is 95.9 Å². The largest absolute Gasteiger partial charge is 0.335 e. The number of amides is 2. The van der Waals surface area contributed by atoms with Gasteiger partial charge in [0.15, 0.2) is 0 Å². The number of nitrogens with zero attached hydrogens (tertiary/aromatic N) is 2. The molecule has 3 aromatic carbocycles. The molecule has 0 aliphatic carbocycles. The number of hydrogen-bond donors (Lipinski definition) is 0. The van der Waals surface area contributed by atoms with E-state index in [1.54, 1.807) is 4.90 Å². The van der Waals surface area contributed by atoms with Gasteiger partial charge in [0.1, 0.15) is 6.04 Å². The first-order valence-corrected chi connectivity index (χ1v) is 9.95. The van der Waals surface area contributed by atoms with Gasteiger partial charge in [-0.3, -0.25) is 9.59 Å². The molecular weight excluding hydrogens is 360 g/mol. The lowest BCUT2D eigenvalue weighted by atomic mass is 9.99. The van der Waals surface area contributed by atoms with Crippen LogP contribution < -0.4 is 0 Å². The molecule has 1 saturated heterocycles. The molecule has 146 valence electrons. The van der Waals surface area contributed by atoms with Crippen LogP contribution in [0.5, 0.6) is 0 Å². The first-order chi connectivity index (χ1) is 14.2. The van der Waals surface area contributed by atoms with Crippen molar-refractivity contribution in [3.63, 3.8) is 0 Å². The Hall–Kier alpha value is -3.40. The highest BCUT2D eigenvalue weighted by atomic mass is 16.2. The molecule has 29 heavy (non-hydrogen) atoms. The van der Waals surface area contributed by atoms with Gasteiger partial charge in [-0.05, 0) is 23.3 Å². The molecule has 0 radical (unpaired) electrons. The normalized spacial score (nSPS) is 16.7. The average molecular weight is 384 g/mol. The van der Waals surface area contributed by atoms with Gasteiger partial charge in [0.25, 0.3) is 5.91 Å². The van der Waals surface area contributed by atoms with E-state index in [0.29, 0.717) is 31.6 Å². The Morgan fingerprint density at radius 2 is 1.31 bits per heavy atom. The number of piperazine rings is 1. The summed E-state index contributed by atoms with van der Waals surface area (Å²) in [6.45, 7) is 1.64. The van der Waals surface area contributed by atoms with Crippen LogP contribution in [0, 0.1) is 0 Å². The summed E-state index contributed by atoms with van der Waals surface area (Å²) in [5.41, 5.74) is 2.77. The van der Waals surface area contributed by atoms with E-state index in [1.165, 1.54) is 0 Å². The van der Waals surface area contributed by atoms with Crippen molar-refractivity contribution in [2.45, 2.75) is 19.0 Å². The van der Waals surface area contributed by atoms with E-state index >= 15 is 0 Å². The lowest BCUT2D eigenvalue weighted by Crippen LogP contribution is -2.59. The van der Waals surface area contributed by atoms with Gasteiger partial charge in [0.2, 0.25) is 5.91 Å². The molecule has 1 aliphatic heterocycles. The van der Waals surface area contributed by atoms with Crippen molar-refractivity contribution in [1.29, 1.82) is 0 Å². The second-order valence-corrected chi connectivity index (χ2v) is 7.32. The van der Waals surface area contributed by atoms with Crippen LogP contribution in [0.1, 0.15) is 21.5 Å². The van der Waals surface area contributed by atoms with Gasteiger partial charge in [-0.2, -0.15) is 0 Å². The van der Waals surface area contributed by atoms with Crippen LogP contribution in [0.4, 0.5) is 0 Å². The van der Waals surface area contributed by atoms with Gasteiger partial charge in [-0.15, -0.1) is 0 Å². The molecule has 0 spiro atoms. The quantitative estimate of drug-likeness (QED) is 0.672. The minimum absolute atomic E-state index is 0.00763. The van der Waals surface area contributed by atoms with Crippen molar-refractivity contribution in [3.8, 4) is 0 Å². The summed E-state index contributed by atoms with van der Waals surface area (Å²) in [5, 5.41) is 0. The molecule has 0 unspecified atom stereocenters. The highest BCUT2D eigenvalue weighted by Crippen LogP contribution is 2.21. The second-order valence-electron chi connectivity index (χ2n) is 7.32. The van der Waals surface area contributed by atoms with Crippen LogP contribution in [-0.4, -0.2) is 40.7 Å². The SMILES string of the molecule is O=C1[C@@H](Cc2ccccc2)N(C(=O)c2ccccc2)CCN1Cc1ccccc1. The van der Waals surface area contributed by atoms with Gasteiger partial charge in [-0.25, -0.2) is 0 Å². The van der Waals surface area contributed by atoms with E-state index in [0.717, 1.165) is 11.1 Å². The zero-order valence-corrected chi connectivity index (χ0v) is 16.3. The van der Waals surface area contributed by atoms with E-state index in [9.17, 15) is 9.59 Å². The molecule has 0 saturated carbocycles. The van der Waals surface area contributed by atoms with Crippen LogP contribution in [-0.2, 0) is 17.8 Å². The molecule has 1 heterocycles. The molecule has 0 N–H and O–H groups in total. The lowest BCUT2D eigenvalue weighted by Gasteiger charge is -2.41. The monoisotopic (exact) mass is 384 g/mol. The van der Waals surface area contributed by atoms with Crippen molar-refractivity contribution in [3.05, 3.63) is 108 Å². The fourth-order valence-corrected chi connectivity index (χ4v) is 3.82. The zero-order valence-electron chi connectivity index (χ0n) is 16.3. The standard InChI is InChI=1S/C25H24N2O2/c28-24(22-14-8-3-9-15-22)27-17-16-26(19-21-12-6-2-7-13-21)25(29)23(27)18-20-10-4-1-5-11-20/h1-15,23H,16-19H2/t23-/m1/s1. The molecule has 0 bridgehead atoms. The Morgan fingerprint density at radius 3 is 1.93 bits per heavy atom. The summed E-state index contributed by atoms with van der Waals surface area (Å²) in [4.78, 5) is 30.2. The number of rotatable bonds is 5. The molecule has 1 aliphatic rings. The minimum atomic E-state index is -0.498. The Kier molecular flexibility index (Phi) is 5.71. The smallest absolute Gasteiger partial charge is 0.254 e. The summed E-state index contributed by atoms with van der Waals surface area (Å²) in [5.74, 6) is -0.0764. The molecule has 4 nitrogen and oxygen atoms in total. The fraction of sp³-hybridized carbons (Fsp3) is 0.200. The maximum absolute atomic E-state index is 13.4. The summed E-state index contributed by atoms with van der Waals surface area (Å²) in [6, 6.07) is 28.6. The van der Waals surface area contributed by atoms with Crippen molar-refractivity contribution in [1.82, 2.24) is 9.80 Å². The summed E-state index contributed by atoms with van der Waals surface area (Å²) in [7, 11) is 0. The predicted octanol–water partition coefficient (Wildman–Crippen LogP) is 3.78. The highest BCUT2D eigenvalue weighted by Gasteiger charge is 2.37. The Balaban J connectivity index is 1.59. The molecule has 3 aromatic rings. The third kappa shape index (κ3) is 4.37. The third-order valence-electron chi connectivity index (χ3n) is 5.35. The van der Waals surface area contributed by atoms with Gasteiger partial charge >= 0.3 is 0 Å². The Labute approximate surface area is 171 Å². The maximum Gasteiger partial charge on any atom is 0.254 e. The Morgan fingerprint density at radius 1 is 0.759 bits per heavy atom. The molecule has 4 heteroatoms. The number of hydrogen-bond acceptors (Lipinski definition) is 2. The summed E-state index contributed by atoms with van der Waals surface area (Å²) < 4.78 is 0. The van der Waals surface area contributed by atoms with Crippen LogP contribution in [0.3, 0.4) is 0 Å². The number of carbonyl (C=O) groups excluding carboxylic acids is 2. The van der Waals surface area contributed by atoms with Crippen LogP contribution in [0.25, 0.3) is 0 Å². The van der Waals surface area contributed by atoms with Crippen LogP contribution in [0.15, 0.2) is 91.0 Å². The summed E-state index contributed by atoms with van der Waals surface area (Å²) in [6.07, 6.45) is 0.517. The van der Waals surface area contributed by atoms with Crippen molar-refractivity contribution in [2.75, 3.05) is 13.1 Å². The molecule has 0 aromatic heterocycles.